The van der Waals surface area contributed by atoms with Crippen LogP contribution >= 0.6 is 23.1 Å². The van der Waals surface area contributed by atoms with Gasteiger partial charge in [0.05, 0.1) is 23.0 Å². The van der Waals surface area contributed by atoms with Gasteiger partial charge in [-0.15, -0.1) is 11.3 Å². The van der Waals surface area contributed by atoms with Crippen molar-refractivity contribution in [1.82, 2.24) is 15.0 Å². The van der Waals surface area contributed by atoms with E-state index in [2.05, 4.69) is 15.5 Å². The number of nitrogens with zero attached hydrogens (tertiary/aromatic N) is 3. The third kappa shape index (κ3) is 4.74. The maximum atomic E-state index is 13.3. The molecule has 0 radical (unpaired) electrons. The Kier molecular flexibility index (Phi) is 6.67. The lowest BCUT2D eigenvalue weighted by atomic mass is 10.2. The number of amides is 1. The number of fused-ring (bicyclic) bond motifs is 1. The number of para-hydroxylation sites is 2. The lowest BCUT2D eigenvalue weighted by Crippen LogP contribution is -2.23. The highest BCUT2D eigenvalue weighted by Gasteiger charge is 2.16. The van der Waals surface area contributed by atoms with E-state index in [4.69, 9.17) is 0 Å². The van der Waals surface area contributed by atoms with E-state index in [0.717, 1.165) is 11.3 Å². The first-order valence-electron chi connectivity index (χ1n) is 9.90. The summed E-state index contributed by atoms with van der Waals surface area (Å²) in [5.74, 6) is -0.253. The van der Waals surface area contributed by atoms with Crippen molar-refractivity contribution in [2.45, 2.75) is 18.5 Å². The van der Waals surface area contributed by atoms with E-state index < -0.39 is 0 Å². The van der Waals surface area contributed by atoms with Gasteiger partial charge in [-0.2, -0.15) is 5.10 Å². The molecule has 0 aliphatic carbocycles. The van der Waals surface area contributed by atoms with Crippen molar-refractivity contribution in [3.8, 4) is 11.4 Å². The second kappa shape index (κ2) is 9.80. The van der Waals surface area contributed by atoms with E-state index >= 15 is 0 Å². The van der Waals surface area contributed by atoms with Gasteiger partial charge in [-0.25, -0.2) is 10.4 Å². The number of benzene rings is 2. The number of rotatable bonds is 7. The first-order valence-corrected chi connectivity index (χ1v) is 11.7. The van der Waals surface area contributed by atoms with Gasteiger partial charge in [-0.05, 0) is 36.8 Å². The molecule has 2 heterocycles. The monoisotopic (exact) mass is 464 g/mol. The van der Waals surface area contributed by atoms with E-state index in [0.29, 0.717) is 26.6 Å². The van der Waals surface area contributed by atoms with Gasteiger partial charge in [0.1, 0.15) is 10.6 Å². The molecule has 0 aliphatic heterocycles. The summed E-state index contributed by atoms with van der Waals surface area (Å²) in [5, 5.41) is 14.7. The van der Waals surface area contributed by atoms with Crippen LogP contribution < -0.4 is 11.0 Å². The number of aryl methyl sites for hydroxylation is 1. The number of aromatic nitrogens is 2. The zero-order valence-corrected chi connectivity index (χ0v) is 18.8. The van der Waals surface area contributed by atoms with E-state index in [-0.39, 0.29) is 23.0 Å². The van der Waals surface area contributed by atoms with Gasteiger partial charge < -0.3 is 5.11 Å². The van der Waals surface area contributed by atoms with Gasteiger partial charge in [0, 0.05) is 10.4 Å². The van der Waals surface area contributed by atoms with Crippen LogP contribution in [0.3, 0.4) is 0 Å². The molecule has 0 unspecified atom stereocenters. The van der Waals surface area contributed by atoms with Crippen molar-refractivity contribution in [3.63, 3.8) is 0 Å². The molecule has 32 heavy (non-hydrogen) atoms. The second-order valence-corrected chi connectivity index (χ2v) is 8.85. The molecule has 2 aromatic heterocycles. The number of hydrazone groups is 1. The first kappa shape index (κ1) is 21.8. The van der Waals surface area contributed by atoms with Crippen LogP contribution in [0, 0.1) is 0 Å². The fourth-order valence-electron chi connectivity index (χ4n) is 3.02. The van der Waals surface area contributed by atoms with Gasteiger partial charge >= 0.3 is 0 Å². The largest absolute Gasteiger partial charge is 0.507 e. The summed E-state index contributed by atoms with van der Waals surface area (Å²) in [4.78, 5) is 32.0. The summed E-state index contributed by atoms with van der Waals surface area (Å²) in [5.41, 5.74) is 3.47. The van der Waals surface area contributed by atoms with Crippen molar-refractivity contribution >= 4 is 45.4 Å². The highest BCUT2D eigenvalue weighted by Crippen LogP contribution is 2.26. The van der Waals surface area contributed by atoms with E-state index in [9.17, 15) is 14.7 Å². The molecule has 0 aliphatic rings. The van der Waals surface area contributed by atoms with Crippen molar-refractivity contribution < 1.29 is 9.90 Å². The summed E-state index contributed by atoms with van der Waals surface area (Å²) < 4.78 is 1.54. The molecular weight excluding hydrogens is 444 g/mol. The first-order chi connectivity index (χ1) is 15.6. The molecule has 0 saturated heterocycles. The number of aromatic hydroxyl groups is 1. The maximum Gasteiger partial charge on any atom is 0.267 e. The molecule has 2 aromatic carbocycles. The highest BCUT2D eigenvalue weighted by atomic mass is 32.2. The van der Waals surface area contributed by atoms with Gasteiger partial charge in [-0.3, -0.25) is 14.2 Å². The Hall–Kier alpha value is -3.43. The molecule has 2 N–H and O–H groups in total. The molecule has 162 valence electrons. The summed E-state index contributed by atoms with van der Waals surface area (Å²) in [7, 11) is 0. The number of carbonyl (C=O) groups is 1. The van der Waals surface area contributed by atoms with Crippen molar-refractivity contribution in [1.29, 1.82) is 0 Å². The summed E-state index contributed by atoms with van der Waals surface area (Å²) in [6.07, 6.45) is 2.20. The van der Waals surface area contributed by atoms with Gasteiger partial charge in [0.15, 0.2) is 5.16 Å². The van der Waals surface area contributed by atoms with Crippen molar-refractivity contribution in [2.75, 3.05) is 5.75 Å². The normalized spacial score (nSPS) is 11.3. The number of hydrogen-bond donors (Lipinski definition) is 2. The smallest absolute Gasteiger partial charge is 0.267 e. The van der Waals surface area contributed by atoms with E-state index in [1.54, 1.807) is 18.2 Å². The molecule has 7 nitrogen and oxygen atoms in total. The Morgan fingerprint density at radius 3 is 2.72 bits per heavy atom. The Balaban J connectivity index is 1.57. The molecule has 9 heteroatoms. The zero-order chi connectivity index (χ0) is 22.5. The molecule has 4 rings (SSSR count). The maximum absolute atomic E-state index is 13.3. The van der Waals surface area contributed by atoms with Crippen LogP contribution in [0.1, 0.15) is 17.4 Å². The molecule has 0 saturated carbocycles. The number of phenolic OH excluding ortho intramolecular Hbond substituents is 1. The van der Waals surface area contributed by atoms with Crippen LogP contribution in [0.5, 0.6) is 5.75 Å². The molecular formula is C23H20N4O3S2. The predicted octanol–water partition coefficient (Wildman–Crippen LogP) is 3.96. The molecule has 1 amide bonds. The van der Waals surface area contributed by atoms with Gasteiger partial charge in [0.25, 0.3) is 11.5 Å². The van der Waals surface area contributed by atoms with Crippen LogP contribution in [0.25, 0.3) is 15.9 Å². The molecule has 0 bridgehead atoms. The van der Waals surface area contributed by atoms with Crippen molar-refractivity contribution in [3.05, 3.63) is 81.5 Å². The minimum atomic E-state index is -0.351. The van der Waals surface area contributed by atoms with Crippen LogP contribution in [0.15, 0.2) is 75.7 Å². The molecule has 0 spiro atoms. The number of carbonyl (C=O) groups excluding carboxylic acids is 1. The standard InChI is InChI=1S/C23H20N4O3S2/c1-2-17-12-18-21(32-17)25-23(27(22(18)30)16-9-4-3-5-10-16)31-14-20(29)26-24-13-15-8-6-7-11-19(15)28/h3-13,28H,2,14H2,1H3,(H,26,29)/b24-13+. The molecule has 0 fully saturated rings. The number of thiophene rings is 1. The van der Waals surface area contributed by atoms with E-state index in [1.807, 2.05) is 43.3 Å². The lowest BCUT2D eigenvalue weighted by Gasteiger charge is -2.11. The Morgan fingerprint density at radius 1 is 1.22 bits per heavy atom. The third-order valence-corrected chi connectivity index (χ3v) is 6.72. The predicted molar refractivity (Wildman–Crippen MR) is 129 cm³/mol. The Morgan fingerprint density at radius 2 is 1.97 bits per heavy atom. The van der Waals surface area contributed by atoms with Gasteiger partial charge in [0.2, 0.25) is 0 Å². The fraction of sp³-hybridized carbons (Fsp3) is 0.130. The number of hydrogen-bond acceptors (Lipinski definition) is 7. The average Bonchev–Trinajstić information content (AvgIpc) is 3.23. The average molecular weight is 465 g/mol. The molecule has 0 atom stereocenters. The summed E-state index contributed by atoms with van der Waals surface area (Å²) >= 11 is 2.66. The van der Waals surface area contributed by atoms with Gasteiger partial charge in [-0.1, -0.05) is 49.0 Å². The Bertz CT molecular complexity index is 1350. The number of phenols is 1. The second-order valence-electron chi connectivity index (χ2n) is 6.80. The number of thioether (sulfide) groups is 1. The quantitative estimate of drug-likeness (QED) is 0.187. The van der Waals surface area contributed by atoms with Crippen LogP contribution in [0.2, 0.25) is 0 Å². The van der Waals surface area contributed by atoms with E-state index in [1.165, 1.54) is 39.9 Å². The zero-order valence-electron chi connectivity index (χ0n) is 17.2. The third-order valence-electron chi connectivity index (χ3n) is 4.61. The lowest BCUT2D eigenvalue weighted by molar-refractivity contribution is -0.118. The minimum absolute atomic E-state index is 0.0227. The fourth-order valence-corrected chi connectivity index (χ4v) is 4.83. The SMILES string of the molecule is CCc1cc2c(=O)n(-c3ccccc3)c(SCC(=O)N/N=C/c3ccccc3O)nc2s1. The summed E-state index contributed by atoms with van der Waals surface area (Å²) in [6, 6.07) is 17.8. The van der Waals surface area contributed by atoms with Crippen LogP contribution in [-0.4, -0.2) is 32.5 Å². The van der Waals surface area contributed by atoms with Crippen molar-refractivity contribution in [2.24, 2.45) is 5.10 Å². The Labute approximate surface area is 192 Å². The number of nitrogens with one attached hydrogen (secondary N) is 1. The topological polar surface area (TPSA) is 96.6 Å². The minimum Gasteiger partial charge on any atom is -0.507 e. The summed E-state index contributed by atoms with van der Waals surface area (Å²) in [6.45, 7) is 2.04. The van der Waals surface area contributed by atoms with Crippen LogP contribution in [0.4, 0.5) is 0 Å². The van der Waals surface area contributed by atoms with Crippen LogP contribution in [-0.2, 0) is 11.2 Å². The highest BCUT2D eigenvalue weighted by molar-refractivity contribution is 7.99. The molecule has 4 aromatic rings.